The van der Waals surface area contributed by atoms with Crippen molar-refractivity contribution in [2.45, 2.75) is 26.2 Å². The molecular formula is C22H24N4O. The molecule has 138 valence electrons. The molecule has 0 radical (unpaired) electrons. The first kappa shape index (κ1) is 17.5. The van der Waals surface area contributed by atoms with Gasteiger partial charge in [-0.1, -0.05) is 48.0 Å². The van der Waals surface area contributed by atoms with E-state index < -0.39 is 0 Å². The first-order chi connectivity index (χ1) is 13.2. The Hall–Kier alpha value is -2.95. The van der Waals surface area contributed by atoms with Crippen molar-refractivity contribution < 1.29 is 4.79 Å². The molecule has 2 heterocycles. The Kier molecular flexibility index (Phi) is 5.01. The molecule has 5 heteroatoms. The summed E-state index contributed by atoms with van der Waals surface area (Å²) in [7, 11) is 0. The Morgan fingerprint density at radius 1 is 1.04 bits per heavy atom. The van der Waals surface area contributed by atoms with Crippen LogP contribution < -0.4 is 0 Å². The van der Waals surface area contributed by atoms with E-state index in [9.17, 15) is 4.79 Å². The van der Waals surface area contributed by atoms with Gasteiger partial charge in [0.2, 0.25) is 5.82 Å². The van der Waals surface area contributed by atoms with Gasteiger partial charge >= 0.3 is 0 Å². The number of benzene rings is 2. The molecule has 27 heavy (non-hydrogen) atoms. The zero-order valence-corrected chi connectivity index (χ0v) is 15.6. The van der Waals surface area contributed by atoms with Crippen LogP contribution in [0.4, 0.5) is 0 Å². The van der Waals surface area contributed by atoms with Gasteiger partial charge in [-0.2, -0.15) is 0 Å². The van der Waals surface area contributed by atoms with Gasteiger partial charge < -0.3 is 4.90 Å². The highest BCUT2D eigenvalue weighted by molar-refractivity contribution is 5.90. The first-order valence-electron chi connectivity index (χ1n) is 9.51. The van der Waals surface area contributed by atoms with E-state index in [-0.39, 0.29) is 11.7 Å². The van der Waals surface area contributed by atoms with Gasteiger partial charge in [0.1, 0.15) is 6.33 Å². The molecule has 0 saturated carbocycles. The van der Waals surface area contributed by atoms with Gasteiger partial charge in [0.15, 0.2) is 0 Å². The molecule has 0 unspecified atom stereocenters. The summed E-state index contributed by atoms with van der Waals surface area (Å²) in [5.74, 6) is 0.839. The fourth-order valence-electron chi connectivity index (χ4n) is 3.61. The molecule has 0 spiro atoms. The van der Waals surface area contributed by atoms with Gasteiger partial charge in [-0.25, -0.2) is 9.67 Å². The van der Waals surface area contributed by atoms with Gasteiger partial charge in [-0.3, -0.25) is 4.79 Å². The van der Waals surface area contributed by atoms with Crippen LogP contribution in [-0.2, 0) is 6.42 Å². The molecule has 1 aliphatic heterocycles. The standard InChI is InChI=1S/C22H24N4O/c1-17-7-9-20(10-8-17)26-16-23-21(24-26)22(27)25-13-11-19(12-14-25)15-18-5-3-2-4-6-18/h2-10,16,19H,11-15H2,1H3. The Morgan fingerprint density at radius 2 is 1.74 bits per heavy atom. The van der Waals surface area contributed by atoms with E-state index in [1.807, 2.05) is 42.2 Å². The summed E-state index contributed by atoms with van der Waals surface area (Å²) < 4.78 is 1.66. The van der Waals surface area contributed by atoms with Crippen molar-refractivity contribution >= 4 is 5.91 Å². The number of nitrogens with zero attached hydrogens (tertiary/aromatic N) is 4. The zero-order valence-electron chi connectivity index (χ0n) is 15.6. The van der Waals surface area contributed by atoms with Crippen molar-refractivity contribution in [3.8, 4) is 5.69 Å². The average molecular weight is 360 g/mol. The second kappa shape index (κ2) is 7.74. The minimum atomic E-state index is -0.0703. The Morgan fingerprint density at radius 3 is 2.44 bits per heavy atom. The third kappa shape index (κ3) is 4.08. The number of carbonyl (C=O) groups is 1. The van der Waals surface area contributed by atoms with E-state index in [2.05, 4.69) is 34.3 Å². The van der Waals surface area contributed by atoms with Crippen LogP contribution in [-0.4, -0.2) is 38.7 Å². The lowest BCUT2D eigenvalue weighted by Crippen LogP contribution is -2.39. The van der Waals surface area contributed by atoms with Crippen LogP contribution in [0.3, 0.4) is 0 Å². The lowest BCUT2D eigenvalue weighted by Gasteiger charge is -2.31. The molecular weight excluding hydrogens is 336 g/mol. The molecule has 3 aromatic rings. The summed E-state index contributed by atoms with van der Waals surface area (Å²) in [6.45, 7) is 3.59. The number of aryl methyl sites for hydroxylation is 1. The zero-order chi connectivity index (χ0) is 18.6. The van der Waals surface area contributed by atoms with E-state index in [1.165, 1.54) is 11.1 Å². The van der Waals surface area contributed by atoms with Crippen LogP contribution in [0.2, 0.25) is 0 Å². The molecule has 1 amide bonds. The normalized spacial score (nSPS) is 15.1. The molecule has 1 aromatic heterocycles. The first-order valence-corrected chi connectivity index (χ1v) is 9.51. The van der Waals surface area contributed by atoms with E-state index in [1.54, 1.807) is 11.0 Å². The molecule has 0 atom stereocenters. The number of hydrogen-bond donors (Lipinski definition) is 0. The summed E-state index contributed by atoms with van der Waals surface area (Å²) in [6.07, 6.45) is 4.75. The van der Waals surface area contributed by atoms with E-state index >= 15 is 0 Å². The molecule has 1 fully saturated rings. The maximum Gasteiger partial charge on any atom is 0.293 e. The van der Waals surface area contributed by atoms with E-state index in [0.717, 1.165) is 38.0 Å². The van der Waals surface area contributed by atoms with Crippen LogP contribution in [0.5, 0.6) is 0 Å². The van der Waals surface area contributed by atoms with Crippen LogP contribution in [0.25, 0.3) is 5.69 Å². The lowest BCUT2D eigenvalue weighted by molar-refractivity contribution is 0.0678. The Balaban J connectivity index is 1.36. The lowest BCUT2D eigenvalue weighted by atomic mass is 9.90. The minimum absolute atomic E-state index is 0.0703. The number of hydrogen-bond acceptors (Lipinski definition) is 3. The molecule has 1 aliphatic rings. The second-order valence-corrected chi connectivity index (χ2v) is 7.27. The molecule has 0 aliphatic carbocycles. The van der Waals surface area contributed by atoms with E-state index in [0.29, 0.717) is 5.92 Å². The van der Waals surface area contributed by atoms with Crippen LogP contribution in [0.1, 0.15) is 34.6 Å². The predicted octanol–water partition coefficient (Wildman–Crippen LogP) is 3.67. The maximum atomic E-state index is 12.8. The number of carbonyl (C=O) groups excluding carboxylic acids is 1. The van der Waals surface area contributed by atoms with Crippen molar-refractivity contribution in [2.24, 2.45) is 5.92 Å². The summed E-state index contributed by atoms with van der Waals surface area (Å²) in [6, 6.07) is 18.6. The number of rotatable bonds is 4. The Bertz CT molecular complexity index is 894. The number of likely N-dealkylation sites (tertiary alicyclic amines) is 1. The molecule has 1 saturated heterocycles. The molecule has 4 rings (SSSR count). The average Bonchev–Trinajstić information content (AvgIpc) is 3.20. The highest BCUT2D eigenvalue weighted by atomic mass is 16.2. The van der Waals surface area contributed by atoms with Crippen LogP contribution in [0, 0.1) is 12.8 Å². The maximum absolute atomic E-state index is 12.8. The van der Waals surface area contributed by atoms with Crippen molar-refractivity contribution in [3.63, 3.8) is 0 Å². The fourth-order valence-corrected chi connectivity index (χ4v) is 3.61. The molecule has 2 aromatic carbocycles. The Labute approximate surface area is 159 Å². The third-order valence-electron chi connectivity index (χ3n) is 5.25. The van der Waals surface area contributed by atoms with E-state index in [4.69, 9.17) is 0 Å². The topological polar surface area (TPSA) is 51.0 Å². The molecule has 0 bridgehead atoms. The second-order valence-electron chi connectivity index (χ2n) is 7.27. The monoisotopic (exact) mass is 360 g/mol. The summed E-state index contributed by atoms with van der Waals surface area (Å²) >= 11 is 0. The largest absolute Gasteiger partial charge is 0.336 e. The summed E-state index contributed by atoms with van der Waals surface area (Å²) in [5.41, 5.74) is 3.48. The van der Waals surface area contributed by atoms with Gasteiger partial charge in [0.05, 0.1) is 5.69 Å². The van der Waals surface area contributed by atoms with Crippen LogP contribution >= 0.6 is 0 Å². The van der Waals surface area contributed by atoms with Crippen molar-refractivity contribution in [3.05, 3.63) is 77.9 Å². The van der Waals surface area contributed by atoms with Gasteiger partial charge in [-0.15, -0.1) is 5.10 Å². The third-order valence-corrected chi connectivity index (χ3v) is 5.25. The van der Waals surface area contributed by atoms with Crippen molar-refractivity contribution in [2.75, 3.05) is 13.1 Å². The van der Waals surface area contributed by atoms with Gasteiger partial charge in [0, 0.05) is 13.1 Å². The summed E-state index contributed by atoms with van der Waals surface area (Å²) in [4.78, 5) is 18.9. The smallest absolute Gasteiger partial charge is 0.293 e. The van der Waals surface area contributed by atoms with Gasteiger partial charge in [-0.05, 0) is 49.8 Å². The molecule has 0 N–H and O–H groups in total. The highest BCUT2D eigenvalue weighted by Crippen LogP contribution is 2.22. The quantitative estimate of drug-likeness (QED) is 0.713. The minimum Gasteiger partial charge on any atom is -0.336 e. The SMILES string of the molecule is Cc1ccc(-n2cnc(C(=O)N3CCC(Cc4ccccc4)CC3)n2)cc1. The summed E-state index contributed by atoms with van der Waals surface area (Å²) in [5, 5.41) is 4.39. The van der Waals surface area contributed by atoms with Crippen molar-refractivity contribution in [1.29, 1.82) is 0 Å². The number of aromatic nitrogens is 3. The van der Waals surface area contributed by atoms with Crippen LogP contribution in [0.15, 0.2) is 60.9 Å². The number of piperidine rings is 1. The molecule has 5 nitrogen and oxygen atoms in total. The van der Waals surface area contributed by atoms with Gasteiger partial charge in [0.25, 0.3) is 5.91 Å². The predicted molar refractivity (Wildman–Crippen MR) is 105 cm³/mol. The van der Waals surface area contributed by atoms with Crippen molar-refractivity contribution in [1.82, 2.24) is 19.7 Å². The fraction of sp³-hybridized carbons (Fsp3) is 0.318. The highest BCUT2D eigenvalue weighted by Gasteiger charge is 2.26. The number of amides is 1.